The van der Waals surface area contributed by atoms with Gasteiger partial charge in [0.2, 0.25) is 10.0 Å². The van der Waals surface area contributed by atoms with E-state index in [0.717, 1.165) is 29.6 Å². The van der Waals surface area contributed by atoms with E-state index in [4.69, 9.17) is 11.6 Å². The average molecular weight is 452 g/mol. The minimum atomic E-state index is -3.92. The molecule has 0 spiro atoms. The Kier molecular flexibility index (Phi) is 6.49. The molecule has 2 N–H and O–H groups in total. The van der Waals surface area contributed by atoms with Crippen LogP contribution in [0.25, 0.3) is 0 Å². The average Bonchev–Trinajstić information content (AvgIpc) is 3.05. The molecule has 8 nitrogen and oxygen atoms in total. The van der Waals surface area contributed by atoms with E-state index in [0.29, 0.717) is 12.2 Å². The zero-order valence-electron chi connectivity index (χ0n) is 16.2. The van der Waals surface area contributed by atoms with E-state index < -0.39 is 21.7 Å². The molecule has 3 rings (SSSR count). The van der Waals surface area contributed by atoms with Crippen LogP contribution in [0.1, 0.15) is 27.6 Å². The van der Waals surface area contributed by atoms with E-state index >= 15 is 0 Å². The molecule has 1 aromatic carbocycles. The molecule has 0 aliphatic heterocycles. The van der Waals surface area contributed by atoms with Crippen molar-refractivity contribution >= 4 is 27.5 Å². The highest BCUT2D eigenvalue weighted by molar-refractivity contribution is 7.89. The number of rotatable bonds is 7. The van der Waals surface area contributed by atoms with E-state index in [2.05, 4.69) is 20.0 Å². The van der Waals surface area contributed by atoms with Crippen molar-refractivity contribution in [3.05, 3.63) is 76.3 Å². The van der Waals surface area contributed by atoms with Crippen LogP contribution in [0.3, 0.4) is 0 Å². The number of nitrogens with one attached hydrogen (secondary N) is 2. The van der Waals surface area contributed by atoms with Crippen molar-refractivity contribution in [1.29, 1.82) is 0 Å². The number of hydrogen-bond donors (Lipinski definition) is 2. The molecule has 2 aromatic heterocycles. The number of hydrogen-bond acceptors (Lipinski definition) is 5. The van der Waals surface area contributed by atoms with Crippen LogP contribution in [0.15, 0.2) is 47.6 Å². The van der Waals surface area contributed by atoms with Gasteiger partial charge in [-0.1, -0.05) is 11.6 Å². The van der Waals surface area contributed by atoms with Crippen molar-refractivity contribution < 1.29 is 17.6 Å². The maximum atomic E-state index is 13.2. The molecule has 0 saturated carbocycles. The summed E-state index contributed by atoms with van der Waals surface area (Å²) < 4.78 is 42.1. The van der Waals surface area contributed by atoms with Crippen LogP contribution in [-0.2, 0) is 30.2 Å². The summed E-state index contributed by atoms with van der Waals surface area (Å²) in [5, 5.41) is 2.47. The molecule has 1 amide bonds. The Morgan fingerprint density at radius 3 is 2.53 bits per heavy atom. The molecule has 0 atom stereocenters. The van der Waals surface area contributed by atoms with Crippen molar-refractivity contribution in [2.24, 2.45) is 7.05 Å². The highest BCUT2D eigenvalue weighted by atomic mass is 35.5. The summed E-state index contributed by atoms with van der Waals surface area (Å²) in [7, 11) is -2.01. The Balaban J connectivity index is 1.59. The lowest BCUT2D eigenvalue weighted by Gasteiger charge is -2.08. The Morgan fingerprint density at radius 1 is 1.17 bits per heavy atom. The highest BCUT2D eigenvalue weighted by Gasteiger charge is 2.16. The Labute approximate surface area is 178 Å². The van der Waals surface area contributed by atoms with Crippen LogP contribution < -0.4 is 10.0 Å². The fraction of sp³-hybridized carbons (Fsp3) is 0.211. The van der Waals surface area contributed by atoms with Gasteiger partial charge in [-0.2, -0.15) is 0 Å². The lowest BCUT2D eigenvalue weighted by atomic mass is 10.3. The molecule has 0 unspecified atom stereocenters. The van der Waals surface area contributed by atoms with Gasteiger partial charge in [0.1, 0.15) is 11.5 Å². The highest BCUT2D eigenvalue weighted by Crippen LogP contribution is 2.19. The van der Waals surface area contributed by atoms with Crippen LogP contribution in [0.4, 0.5) is 4.39 Å². The normalized spacial score (nSPS) is 11.5. The van der Waals surface area contributed by atoms with Gasteiger partial charge in [0.25, 0.3) is 5.91 Å². The Morgan fingerprint density at radius 2 is 1.93 bits per heavy atom. The standard InChI is InChI=1S/C19H19ClFN5O3S/c1-12-3-4-14(26(12)2)10-24-19(27)18-11-22-13(8-23-18)9-25-30(28,29)15-5-6-17(21)16(20)7-15/h3-8,11,25H,9-10H2,1-2H3,(H,24,27). The zero-order chi connectivity index (χ0) is 21.9. The number of amides is 1. The van der Waals surface area contributed by atoms with Gasteiger partial charge < -0.3 is 9.88 Å². The molecule has 30 heavy (non-hydrogen) atoms. The summed E-state index contributed by atoms with van der Waals surface area (Å²) in [6.07, 6.45) is 2.58. The largest absolute Gasteiger partial charge is 0.350 e. The Hall–Kier alpha value is -2.82. The SMILES string of the molecule is Cc1ccc(CNC(=O)c2cnc(CNS(=O)(=O)c3ccc(F)c(Cl)c3)cn2)n1C. The molecular formula is C19H19ClFN5O3S. The fourth-order valence-electron chi connectivity index (χ4n) is 2.57. The number of aromatic nitrogens is 3. The van der Waals surface area contributed by atoms with Gasteiger partial charge in [-0.3, -0.25) is 9.78 Å². The first kappa shape index (κ1) is 21.9. The summed E-state index contributed by atoms with van der Waals surface area (Å²) in [5.41, 5.74) is 2.44. The molecule has 0 fully saturated rings. The van der Waals surface area contributed by atoms with Crippen molar-refractivity contribution in [2.45, 2.75) is 24.9 Å². The molecule has 11 heteroatoms. The summed E-state index contributed by atoms with van der Waals surface area (Å²) in [6, 6.07) is 6.98. The third kappa shape index (κ3) is 5.02. The first-order chi connectivity index (χ1) is 14.2. The zero-order valence-corrected chi connectivity index (χ0v) is 17.8. The van der Waals surface area contributed by atoms with E-state index in [-0.39, 0.29) is 22.2 Å². The van der Waals surface area contributed by atoms with Crippen LogP contribution >= 0.6 is 11.6 Å². The smallest absolute Gasteiger partial charge is 0.271 e. The molecule has 3 aromatic rings. The third-order valence-corrected chi connectivity index (χ3v) is 6.18. The fourth-order valence-corrected chi connectivity index (χ4v) is 3.84. The van der Waals surface area contributed by atoms with Crippen molar-refractivity contribution in [3.8, 4) is 0 Å². The number of nitrogens with zero attached hydrogens (tertiary/aromatic N) is 3. The van der Waals surface area contributed by atoms with Gasteiger partial charge in [0.15, 0.2) is 0 Å². The van der Waals surface area contributed by atoms with Gasteiger partial charge >= 0.3 is 0 Å². The molecule has 0 bridgehead atoms. The first-order valence-corrected chi connectivity index (χ1v) is 10.7. The lowest BCUT2D eigenvalue weighted by Crippen LogP contribution is -2.26. The Bertz CT molecular complexity index is 1180. The minimum Gasteiger partial charge on any atom is -0.350 e. The monoisotopic (exact) mass is 451 g/mol. The second-order valence-corrected chi connectivity index (χ2v) is 8.68. The number of halogens is 2. The van der Waals surface area contributed by atoms with Crippen LogP contribution in [0.2, 0.25) is 5.02 Å². The quantitative estimate of drug-likeness (QED) is 0.573. The first-order valence-electron chi connectivity index (χ1n) is 8.82. The van der Waals surface area contributed by atoms with Crippen LogP contribution in [-0.4, -0.2) is 28.9 Å². The topological polar surface area (TPSA) is 106 Å². The third-order valence-electron chi connectivity index (χ3n) is 4.49. The van der Waals surface area contributed by atoms with Crippen molar-refractivity contribution in [1.82, 2.24) is 24.6 Å². The van der Waals surface area contributed by atoms with Gasteiger partial charge in [0, 0.05) is 18.4 Å². The van der Waals surface area contributed by atoms with Gasteiger partial charge in [0.05, 0.1) is 41.1 Å². The van der Waals surface area contributed by atoms with E-state index in [1.165, 1.54) is 12.4 Å². The maximum absolute atomic E-state index is 13.2. The molecule has 2 heterocycles. The minimum absolute atomic E-state index is 0.109. The van der Waals surface area contributed by atoms with Gasteiger partial charge in [-0.05, 0) is 37.3 Å². The molecular weight excluding hydrogens is 433 g/mol. The van der Waals surface area contributed by atoms with E-state index in [1.54, 1.807) is 0 Å². The van der Waals surface area contributed by atoms with Crippen LogP contribution in [0, 0.1) is 12.7 Å². The number of carbonyl (C=O) groups excluding carboxylic acids is 1. The number of aryl methyl sites for hydroxylation is 1. The molecule has 0 saturated heterocycles. The summed E-state index contributed by atoms with van der Waals surface area (Å²) in [6.45, 7) is 2.15. The lowest BCUT2D eigenvalue weighted by molar-refractivity contribution is 0.0944. The van der Waals surface area contributed by atoms with Gasteiger partial charge in [-0.15, -0.1) is 0 Å². The predicted octanol–water partition coefficient (Wildman–Crippen LogP) is 2.32. The van der Waals surface area contributed by atoms with E-state index in [9.17, 15) is 17.6 Å². The summed E-state index contributed by atoms with van der Waals surface area (Å²) in [5.74, 6) is -1.10. The number of benzene rings is 1. The van der Waals surface area contributed by atoms with Crippen molar-refractivity contribution in [3.63, 3.8) is 0 Å². The summed E-state index contributed by atoms with van der Waals surface area (Å²) >= 11 is 5.63. The number of sulfonamides is 1. The molecule has 0 radical (unpaired) electrons. The molecule has 0 aliphatic carbocycles. The second-order valence-electron chi connectivity index (χ2n) is 6.50. The predicted molar refractivity (Wildman–Crippen MR) is 109 cm³/mol. The van der Waals surface area contributed by atoms with E-state index in [1.807, 2.05) is 30.7 Å². The molecule has 158 valence electrons. The number of carbonyl (C=O) groups is 1. The van der Waals surface area contributed by atoms with Crippen molar-refractivity contribution in [2.75, 3.05) is 0 Å². The molecule has 0 aliphatic rings. The van der Waals surface area contributed by atoms with Crippen LogP contribution in [0.5, 0.6) is 0 Å². The second kappa shape index (κ2) is 8.90. The maximum Gasteiger partial charge on any atom is 0.271 e. The summed E-state index contributed by atoms with van der Waals surface area (Å²) in [4.78, 5) is 20.2. The van der Waals surface area contributed by atoms with Gasteiger partial charge in [-0.25, -0.2) is 22.5 Å².